The van der Waals surface area contributed by atoms with Crippen LogP contribution in [0, 0.1) is 12.7 Å². The Balaban J connectivity index is 1.58. The first kappa shape index (κ1) is 20.8. The van der Waals surface area contributed by atoms with Crippen LogP contribution in [0.3, 0.4) is 0 Å². The van der Waals surface area contributed by atoms with E-state index in [-0.39, 0.29) is 11.1 Å². The molecule has 1 aromatic heterocycles. The highest BCUT2D eigenvalue weighted by Gasteiger charge is 2.23. The van der Waals surface area contributed by atoms with Gasteiger partial charge in [0, 0.05) is 30.2 Å². The van der Waals surface area contributed by atoms with Crippen molar-refractivity contribution in [2.24, 2.45) is 0 Å². The monoisotopic (exact) mass is 428 g/mol. The fourth-order valence-electron chi connectivity index (χ4n) is 3.81. The molecule has 0 saturated carbocycles. The molecule has 4 rings (SSSR count). The van der Waals surface area contributed by atoms with Crippen molar-refractivity contribution in [3.8, 4) is 5.75 Å². The predicted molar refractivity (Wildman–Crippen MR) is 119 cm³/mol. The summed E-state index contributed by atoms with van der Waals surface area (Å²) in [6.07, 6.45) is 3.74. The first-order valence-corrected chi connectivity index (χ1v) is 10.7. The Bertz CT molecular complexity index is 1050. The second-order valence-electron chi connectivity index (χ2n) is 8.06. The molecule has 2 heterocycles. The van der Waals surface area contributed by atoms with E-state index >= 15 is 0 Å². The van der Waals surface area contributed by atoms with Crippen molar-refractivity contribution < 1.29 is 9.13 Å². The van der Waals surface area contributed by atoms with E-state index in [0.29, 0.717) is 17.5 Å². The van der Waals surface area contributed by atoms with E-state index in [4.69, 9.17) is 16.3 Å². The zero-order valence-corrected chi connectivity index (χ0v) is 18.2. The van der Waals surface area contributed by atoms with Crippen LogP contribution >= 0.6 is 11.6 Å². The highest BCUT2D eigenvalue weighted by atomic mass is 35.5. The molecular formula is C23H26ClFN4O. The first-order valence-electron chi connectivity index (χ1n) is 10.3. The molecule has 5 nitrogen and oxygen atoms in total. The molecule has 0 aliphatic carbocycles. The van der Waals surface area contributed by atoms with E-state index in [1.807, 2.05) is 19.1 Å². The lowest BCUT2D eigenvalue weighted by molar-refractivity contribution is 0.0839. The maximum absolute atomic E-state index is 13.5. The molecular weight excluding hydrogens is 403 g/mol. The van der Waals surface area contributed by atoms with Crippen LogP contribution in [-0.2, 0) is 0 Å². The van der Waals surface area contributed by atoms with Gasteiger partial charge in [-0.25, -0.2) is 14.4 Å². The van der Waals surface area contributed by atoms with Crippen LogP contribution in [0.5, 0.6) is 5.75 Å². The van der Waals surface area contributed by atoms with Gasteiger partial charge < -0.3 is 15.0 Å². The molecule has 0 radical (unpaired) electrons. The summed E-state index contributed by atoms with van der Waals surface area (Å²) in [7, 11) is 0. The second-order valence-corrected chi connectivity index (χ2v) is 8.47. The molecule has 0 spiro atoms. The molecule has 0 unspecified atom stereocenters. The van der Waals surface area contributed by atoms with Crippen molar-refractivity contribution in [2.45, 2.75) is 45.8 Å². The minimum atomic E-state index is -0.454. The zero-order chi connectivity index (χ0) is 21.3. The summed E-state index contributed by atoms with van der Waals surface area (Å²) < 4.78 is 19.9. The highest BCUT2D eigenvalue weighted by molar-refractivity contribution is 6.31. The number of fused-ring (bicyclic) bond motifs is 1. The Morgan fingerprint density at radius 1 is 1.17 bits per heavy atom. The number of hydrogen-bond acceptors (Lipinski definition) is 5. The predicted octanol–water partition coefficient (Wildman–Crippen LogP) is 5.73. The SMILES string of the molecule is Cc1cc2ncnc(Nc3ccc(F)c(Cl)c3)c2cc1OC1CCN(C(C)C)CC1. The Morgan fingerprint density at radius 3 is 2.63 bits per heavy atom. The van der Waals surface area contributed by atoms with Crippen molar-refractivity contribution >= 4 is 34.0 Å². The standard InChI is InChI=1S/C23H26ClFN4O/c1-14(2)29-8-6-17(7-9-29)30-22-12-18-21(10-15(22)3)26-13-27-23(18)28-16-4-5-20(25)19(24)11-16/h4-5,10-14,17H,6-9H2,1-3H3,(H,26,27,28). The maximum atomic E-state index is 13.5. The van der Waals surface area contributed by atoms with Gasteiger partial charge >= 0.3 is 0 Å². The number of nitrogens with one attached hydrogen (secondary N) is 1. The van der Waals surface area contributed by atoms with Gasteiger partial charge in [-0.1, -0.05) is 11.6 Å². The number of anilines is 2. The molecule has 30 heavy (non-hydrogen) atoms. The average molecular weight is 429 g/mol. The summed E-state index contributed by atoms with van der Waals surface area (Å²) in [4.78, 5) is 11.3. The molecule has 0 bridgehead atoms. The number of nitrogens with zero attached hydrogens (tertiary/aromatic N) is 3. The minimum absolute atomic E-state index is 0.0611. The molecule has 2 aromatic carbocycles. The lowest BCUT2D eigenvalue weighted by Gasteiger charge is -2.34. The van der Waals surface area contributed by atoms with Gasteiger partial charge in [-0.15, -0.1) is 0 Å². The topological polar surface area (TPSA) is 50.3 Å². The Hall–Kier alpha value is -2.44. The van der Waals surface area contributed by atoms with E-state index in [0.717, 1.165) is 48.1 Å². The Morgan fingerprint density at radius 2 is 1.93 bits per heavy atom. The minimum Gasteiger partial charge on any atom is -0.490 e. The van der Waals surface area contributed by atoms with Crippen LogP contribution in [0.1, 0.15) is 32.3 Å². The van der Waals surface area contributed by atoms with Gasteiger partial charge in [0.25, 0.3) is 0 Å². The molecule has 1 aliphatic rings. The third-order valence-corrected chi connectivity index (χ3v) is 5.90. The van der Waals surface area contributed by atoms with Gasteiger partial charge in [-0.2, -0.15) is 0 Å². The van der Waals surface area contributed by atoms with E-state index < -0.39 is 5.82 Å². The molecule has 0 atom stereocenters. The number of hydrogen-bond donors (Lipinski definition) is 1. The molecule has 0 amide bonds. The van der Waals surface area contributed by atoms with Crippen molar-refractivity contribution in [1.29, 1.82) is 0 Å². The van der Waals surface area contributed by atoms with Gasteiger partial charge in [0.2, 0.25) is 0 Å². The van der Waals surface area contributed by atoms with Gasteiger partial charge in [0.1, 0.15) is 29.8 Å². The number of halogens is 2. The molecule has 1 N–H and O–H groups in total. The number of piperidine rings is 1. The van der Waals surface area contributed by atoms with E-state index in [1.165, 1.54) is 12.4 Å². The van der Waals surface area contributed by atoms with Crippen LogP contribution in [-0.4, -0.2) is 40.1 Å². The highest BCUT2D eigenvalue weighted by Crippen LogP contribution is 2.32. The Labute approximate surface area is 181 Å². The largest absolute Gasteiger partial charge is 0.490 e. The van der Waals surface area contributed by atoms with Gasteiger partial charge in [0.05, 0.1) is 10.5 Å². The van der Waals surface area contributed by atoms with E-state index in [2.05, 4.69) is 34.0 Å². The summed E-state index contributed by atoms with van der Waals surface area (Å²) in [5.41, 5.74) is 2.52. The van der Waals surface area contributed by atoms with E-state index in [9.17, 15) is 4.39 Å². The van der Waals surface area contributed by atoms with Gasteiger partial charge in [-0.3, -0.25) is 0 Å². The fraction of sp³-hybridized carbons (Fsp3) is 0.391. The van der Waals surface area contributed by atoms with Crippen LogP contribution in [0.4, 0.5) is 15.9 Å². The summed E-state index contributed by atoms with van der Waals surface area (Å²) in [5.74, 6) is 1.02. The van der Waals surface area contributed by atoms with Crippen LogP contribution in [0.2, 0.25) is 5.02 Å². The number of likely N-dealkylation sites (tertiary alicyclic amines) is 1. The lowest BCUT2D eigenvalue weighted by Crippen LogP contribution is -2.41. The molecule has 1 saturated heterocycles. The third kappa shape index (κ3) is 4.50. The zero-order valence-electron chi connectivity index (χ0n) is 17.5. The third-order valence-electron chi connectivity index (χ3n) is 5.61. The Kier molecular flexibility index (Phi) is 6.06. The smallest absolute Gasteiger partial charge is 0.141 e. The van der Waals surface area contributed by atoms with Crippen molar-refractivity contribution in [2.75, 3.05) is 18.4 Å². The fourth-order valence-corrected chi connectivity index (χ4v) is 3.99. The number of aromatic nitrogens is 2. The summed E-state index contributed by atoms with van der Waals surface area (Å²) >= 11 is 5.91. The maximum Gasteiger partial charge on any atom is 0.141 e. The van der Waals surface area contributed by atoms with Gasteiger partial charge in [0.15, 0.2) is 0 Å². The van der Waals surface area contributed by atoms with Crippen LogP contribution in [0.15, 0.2) is 36.7 Å². The number of aryl methyl sites for hydroxylation is 1. The van der Waals surface area contributed by atoms with Gasteiger partial charge in [-0.05, 0) is 69.5 Å². The molecule has 7 heteroatoms. The quantitative estimate of drug-likeness (QED) is 0.562. The molecule has 3 aromatic rings. The first-order chi connectivity index (χ1) is 14.4. The second kappa shape index (κ2) is 8.74. The summed E-state index contributed by atoms with van der Waals surface area (Å²) in [5, 5.41) is 4.13. The van der Waals surface area contributed by atoms with Crippen LogP contribution in [0.25, 0.3) is 10.9 Å². The summed E-state index contributed by atoms with van der Waals surface area (Å²) in [6.45, 7) is 8.61. The lowest BCUT2D eigenvalue weighted by atomic mass is 10.1. The molecule has 1 fully saturated rings. The number of rotatable bonds is 5. The van der Waals surface area contributed by atoms with Crippen LogP contribution < -0.4 is 10.1 Å². The number of benzene rings is 2. The van der Waals surface area contributed by atoms with Crippen molar-refractivity contribution in [1.82, 2.24) is 14.9 Å². The molecule has 1 aliphatic heterocycles. The normalized spacial score (nSPS) is 15.7. The van der Waals surface area contributed by atoms with E-state index in [1.54, 1.807) is 12.1 Å². The summed E-state index contributed by atoms with van der Waals surface area (Å²) in [6, 6.07) is 9.07. The van der Waals surface area contributed by atoms with Crippen molar-refractivity contribution in [3.05, 3.63) is 53.1 Å². The van der Waals surface area contributed by atoms with Crippen molar-refractivity contribution in [3.63, 3.8) is 0 Å². The number of ether oxygens (including phenoxy) is 1. The molecule has 158 valence electrons. The average Bonchev–Trinajstić information content (AvgIpc) is 2.72.